The maximum atomic E-state index is 11.8. The molecule has 0 aliphatic carbocycles. The SMILES string of the molecule is CN(Cc1cccc(-c2cnc(N3CCN(c4ncccc4COCC(=O)O)CC3)nc2)c1)C(=O)CN. The van der Waals surface area contributed by atoms with Gasteiger partial charge in [-0.1, -0.05) is 24.3 Å². The van der Waals surface area contributed by atoms with Gasteiger partial charge in [-0.25, -0.2) is 19.7 Å². The number of aromatic nitrogens is 3. The van der Waals surface area contributed by atoms with Crippen LogP contribution in [-0.4, -0.2) is 83.2 Å². The topological polar surface area (TPSA) is 138 Å². The molecule has 0 radical (unpaired) electrons. The molecule has 1 aliphatic rings. The lowest BCUT2D eigenvalue weighted by Crippen LogP contribution is -2.47. The number of anilines is 2. The Balaban J connectivity index is 1.37. The molecule has 3 heterocycles. The second-order valence-corrected chi connectivity index (χ2v) is 8.77. The van der Waals surface area contributed by atoms with Crippen molar-refractivity contribution in [3.05, 3.63) is 66.1 Å². The first kappa shape index (κ1) is 26.0. The Morgan fingerprint density at radius 1 is 1.03 bits per heavy atom. The fourth-order valence-electron chi connectivity index (χ4n) is 4.19. The molecule has 2 aromatic heterocycles. The van der Waals surface area contributed by atoms with Crippen molar-refractivity contribution in [1.29, 1.82) is 0 Å². The molecule has 1 amide bonds. The molecule has 0 bridgehead atoms. The van der Waals surface area contributed by atoms with E-state index >= 15 is 0 Å². The summed E-state index contributed by atoms with van der Waals surface area (Å²) in [5.74, 6) is 0.370. The lowest BCUT2D eigenvalue weighted by molar-refractivity contribution is -0.142. The fraction of sp³-hybridized carbons (Fsp3) is 0.346. The summed E-state index contributed by atoms with van der Waals surface area (Å²) < 4.78 is 5.27. The number of benzene rings is 1. The summed E-state index contributed by atoms with van der Waals surface area (Å²) >= 11 is 0. The third-order valence-electron chi connectivity index (χ3n) is 6.13. The van der Waals surface area contributed by atoms with Crippen molar-refractivity contribution >= 4 is 23.6 Å². The molecule has 1 fully saturated rings. The molecule has 3 aromatic rings. The van der Waals surface area contributed by atoms with Crippen LogP contribution in [0.15, 0.2) is 55.0 Å². The summed E-state index contributed by atoms with van der Waals surface area (Å²) in [6, 6.07) is 11.7. The molecule has 0 unspecified atom stereocenters. The Morgan fingerprint density at radius 3 is 2.46 bits per heavy atom. The number of amides is 1. The molecule has 1 saturated heterocycles. The summed E-state index contributed by atoms with van der Waals surface area (Å²) in [6.07, 6.45) is 5.37. The number of carbonyl (C=O) groups excluding carboxylic acids is 1. The van der Waals surface area contributed by atoms with Crippen LogP contribution in [0.25, 0.3) is 11.1 Å². The third-order valence-corrected chi connectivity index (χ3v) is 6.13. The van der Waals surface area contributed by atoms with E-state index in [9.17, 15) is 9.59 Å². The monoisotopic (exact) mass is 505 g/mol. The van der Waals surface area contributed by atoms with Gasteiger partial charge in [0.15, 0.2) is 0 Å². The van der Waals surface area contributed by atoms with Gasteiger partial charge in [0.1, 0.15) is 12.4 Å². The maximum absolute atomic E-state index is 11.8. The van der Waals surface area contributed by atoms with Gasteiger partial charge in [-0.05, 0) is 23.3 Å². The summed E-state index contributed by atoms with van der Waals surface area (Å²) in [4.78, 5) is 42.2. The minimum absolute atomic E-state index is 0.00994. The number of rotatable bonds is 10. The number of likely N-dealkylation sites (N-methyl/N-ethyl adjacent to an activating group) is 1. The van der Waals surface area contributed by atoms with E-state index in [1.54, 1.807) is 18.1 Å². The van der Waals surface area contributed by atoms with Crippen molar-refractivity contribution in [3.63, 3.8) is 0 Å². The van der Waals surface area contributed by atoms with E-state index in [-0.39, 0.29) is 25.7 Å². The van der Waals surface area contributed by atoms with E-state index in [0.717, 1.165) is 54.3 Å². The summed E-state index contributed by atoms with van der Waals surface area (Å²) in [7, 11) is 1.74. The second kappa shape index (κ2) is 12.2. The molecule has 37 heavy (non-hydrogen) atoms. The molecular weight excluding hydrogens is 474 g/mol. The molecule has 0 saturated carbocycles. The predicted octanol–water partition coefficient (Wildman–Crippen LogP) is 1.38. The van der Waals surface area contributed by atoms with Gasteiger partial charge in [-0.15, -0.1) is 0 Å². The number of carbonyl (C=O) groups is 2. The van der Waals surface area contributed by atoms with Crippen LogP contribution >= 0.6 is 0 Å². The zero-order chi connectivity index (χ0) is 26.2. The number of piperazine rings is 1. The minimum atomic E-state index is -0.996. The zero-order valence-corrected chi connectivity index (χ0v) is 20.8. The third kappa shape index (κ3) is 6.78. The van der Waals surface area contributed by atoms with Crippen LogP contribution in [0, 0.1) is 0 Å². The van der Waals surface area contributed by atoms with Gasteiger partial charge in [0.2, 0.25) is 11.9 Å². The summed E-state index contributed by atoms with van der Waals surface area (Å²) in [6.45, 7) is 3.23. The molecule has 11 nitrogen and oxygen atoms in total. The smallest absolute Gasteiger partial charge is 0.329 e. The number of hydrogen-bond acceptors (Lipinski definition) is 9. The first-order valence-corrected chi connectivity index (χ1v) is 12.0. The Morgan fingerprint density at radius 2 is 1.76 bits per heavy atom. The van der Waals surface area contributed by atoms with E-state index < -0.39 is 5.97 Å². The lowest BCUT2D eigenvalue weighted by Gasteiger charge is -2.36. The van der Waals surface area contributed by atoms with Crippen LogP contribution in [0.3, 0.4) is 0 Å². The van der Waals surface area contributed by atoms with Crippen molar-refractivity contribution < 1.29 is 19.4 Å². The highest BCUT2D eigenvalue weighted by Gasteiger charge is 2.22. The van der Waals surface area contributed by atoms with Crippen molar-refractivity contribution in [2.24, 2.45) is 5.73 Å². The van der Waals surface area contributed by atoms with Gasteiger partial charge in [0.25, 0.3) is 0 Å². The average molecular weight is 506 g/mol. The first-order valence-electron chi connectivity index (χ1n) is 12.0. The normalized spacial score (nSPS) is 13.5. The highest BCUT2D eigenvalue weighted by Crippen LogP contribution is 2.23. The second-order valence-electron chi connectivity index (χ2n) is 8.77. The fourth-order valence-corrected chi connectivity index (χ4v) is 4.19. The molecule has 1 aliphatic heterocycles. The van der Waals surface area contributed by atoms with Crippen LogP contribution < -0.4 is 15.5 Å². The van der Waals surface area contributed by atoms with Crippen LogP contribution in [0.1, 0.15) is 11.1 Å². The van der Waals surface area contributed by atoms with Crippen LogP contribution in [-0.2, 0) is 27.5 Å². The Hall–Kier alpha value is -4.09. The molecule has 11 heteroatoms. The molecule has 3 N–H and O–H groups in total. The van der Waals surface area contributed by atoms with Crippen LogP contribution in [0.4, 0.5) is 11.8 Å². The Bertz CT molecular complexity index is 1210. The Labute approximate surface area is 215 Å². The molecule has 0 atom stereocenters. The number of carboxylic acids is 1. The van der Waals surface area contributed by atoms with Crippen molar-refractivity contribution in [1.82, 2.24) is 19.9 Å². The number of ether oxygens (including phenoxy) is 1. The number of nitrogens with zero attached hydrogens (tertiary/aromatic N) is 6. The maximum Gasteiger partial charge on any atom is 0.329 e. The van der Waals surface area contributed by atoms with Gasteiger partial charge in [0.05, 0.1) is 13.2 Å². The van der Waals surface area contributed by atoms with Crippen molar-refractivity contribution in [3.8, 4) is 11.1 Å². The van der Waals surface area contributed by atoms with E-state index in [1.807, 2.05) is 48.8 Å². The summed E-state index contributed by atoms with van der Waals surface area (Å²) in [5.41, 5.74) is 9.20. The van der Waals surface area contributed by atoms with Gasteiger partial charge in [-0.3, -0.25) is 4.79 Å². The molecule has 4 rings (SSSR count). The van der Waals surface area contributed by atoms with Crippen LogP contribution in [0.2, 0.25) is 0 Å². The quantitative estimate of drug-likeness (QED) is 0.416. The Kier molecular flexibility index (Phi) is 8.60. The minimum Gasteiger partial charge on any atom is -0.480 e. The zero-order valence-electron chi connectivity index (χ0n) is 20.8. The number of pyridine rings is 1. The number of aliphatic carboxylic acids is 1. The first-order chi connectivity index (χ1) is 17.9. The van der Waals surface area contributed by atoms with Gasteiger partial charge in [-0.2, -0.15) is 0 Å². The lowest BCUT2D eigenvalue weighted by atomic mass is 10.1. The largest absolute Gasteiger partial charge is 0.480 e. The predicted molar refractivity (Wildman–Crippen MR) is 139 cm³/mol. The van der Waals surface area contributed by atoms with E-state index in [2.05, 4.69) is 24.8 Å². The summed E-state index contributed by atoms with van der Waals surface area (Å²) in [5, 5.41) is 8.81. The standard InChI is InChI=1S/C26H31N7O4/c1-31(23(34)13-27)16-19-4-2-5-20(12-19)22-14-29-26(30-15-22)33-10-8-32(9-11-33)25-21(6-3-7-28-25)17-37-18-24(35)36/h2-7,12,14-15H,8-11,13,16-18,27H2,1H3,(H,35,36). The number of hydrogen-bond donors (Lipinski definition) is 2. The van der Waals surface area contributed by atoms with Gasteiger partial charge < -0.3 is 30.3 Å². The van der Waals surface area contributed by atoms with Crippen LogP contribution in [0.5, 0.6) is 0 Å². The molecule has 0 spiro atoms. The molecule has 1 aromatic carbocycles. The average Bonchev–Trinajstić information content (AvgIpc) is 2.93. The van der Waals surface area contributed by atoms with E-state index in [4.69, 9.17) is 15.6 Å². The van der Waals surface area contributed by atoms with E-state index in [0.29, 0.717) is 12.5 Å². The molecule has 194 valence electrons. The van der Waals surface area contributed by atoms with Crippen molar-refractivity contribution in [2.45, 2.75) is 13.2 Å². The van der Waals surface area contributed by atoms with Gasteiger partial charge in [0, 0.05) is 69.5 Å². The highest BCUT2D eigenvalue weighted by atomic mass is 16.5. The van der Waals surface area contributed by atoms with Crippen molar-refractivity contribution in [2.75, 3.05) is 56.2 Å². The van der Waals surface area contributed by atoms with Gasteiger partial charge >= 0.3 is 5.97 Å². The highest BCUT2D eigenvalue weighted by molar-refractivity contribution is 5.77. The number of nitrogens with two attached hydrogens (primary N) is 1. The molecular formula is C26H31N7O4. The van der Waals surface area contributed by atoms with E-state index in [1.165, 1.54) is 0 Å². The number of carboxylic acid groups (broad SMARTS) is 1.